The summed E-state index contributed by atoms with van der Waals surface area (Å²) in [5, 5.41) is 24.7. The zero-order valence-electron chi connectivity index (χ0n) is 34.6. The Kier molecular flexibility index (Phi) is 6.29. The lowest BCUT2D eigenvalue weighted by molar-refractivity contribution is 0.491. The smallest absolute Gasteiger partial charge is 0.0714 e. The van der Waals surface area contributed by atoms with Crippen molar-refractivity contribution in [1.82, 2.24) is 20.2 Å². The van der Waals surface area contributed by atoms with E-state index in [2.05, 4.69) is 168 Å². The summed E-state index contributed by atoms with van der Waals surface area (Å²) in [7, 11) is 0. The SMILES string of the molecule is C1=CNC(c2c3c(c(-c4ccccn4)c4ccccc24)-c2ccc4c5cc6c(-c7ccccn7)c7c8cccc9cccc(c7c(C7C=CC%10CN%107)c6cc5c5ccc-3c2c45)c98)C=C1. The van der Waals surface area contributed by atoms with Crippen LogP contribution in [-0.4, -0.2) is 27.5 Å². The molecule has 16 rings (SSSR count). The topological polar surface area (TPSA) is 40.8 Å². The first-order valence-corrected chi connectivity index (χ1v) is 22.6. The maximum atomic E-state index is 5.14. The van der Waals surface area contributed by atoms with Crippen LogP contribution in [0.5, 0.6) is 0 Å². The maximum Gasteiger partial charge on any atom is 0.0714 e. The molecular weight excluding hydrogens is 777 g/mol. The molecular formula is C60H36N4. The summed E-state index contributed by atoms with van der Waals surface area (Å²) < 4.78 is 0. The van der Waals surface area contributed by atoms with Gasteiger partial charge >= 0.3 is 0 Å². The number of pyridine rings is 2. The monoisotopic (exact) mass is 812 g/mol. The summed E-state index contributed by atoms with van der Waals surface area (Å²) in [4.78, 5) is 12.8. The fourth-order valence-electron chi connectivity index (χ4n) is 12.8. The Morgan fingerprint density at radius 3 is 1.81 bits per heavy atom. The van der Waals surface area contributed by atoms with E-state index < -0.39 is 0 Å². The van der Waals surface area contributed by atoms with Gasteiger partial charge in [-0.05, 0) is 157 Å². The minimum atomic E-state index is 0.0189. The van der Waals surface area contributed by atoms with Crippen molar-refractivity contribution in [3.05, 3.63) is 194 Å². The Hall–Kier alpha value is -7.92. The predicted molar refractivity (Wildman–Crippen MR) is 266 cm³/mol. The largest absolute Gasteiger partial charge is 0.381 e. The Bertz CT molecular complexity index is 4140. The number of dihydropyridines is 1. The molecule has 0 bridgehead atoms. The Balaban J connectivity index is 1.08. The van der Waals surface area contributed by atoms with Crippen LogP contribution in [-0.2, 0) is 0 Å². The van der Waals surface area contributed by atoms with E-state index in [1.165, 1.54) is 131 Å². The van der Waals surface area contributed by atoms with Crippen LogP contribution in [0.3, 0.4) is 0 Å². The molecule has 2 aromatic heterocycles. The molecule has 1 fully saturated rings. The average molecular weight is 813 g/mol. The van der Waals surface area contributed by atoms with Crippen LogP contribution in [0.2, 0.25) is 0 Å². The number of nitrogens with zero attached hydrogens (tertiary/aromatic N) is 3. The fraction of sp³-hybridized carbons (Fsp3) is 0.0667. The Morgan fingerprint density at radius 1 is 0.438 bits per heavy atom. The molecule has 0 amide bonds. The minimum Gasteiger partial charge on any atom is -0.381 e. The molecule has 296 valence electrons. The summed E-state index contributed by atoms with van der Waals surface area (Å²) in [6.45, 7) is 1.11. The lowest BCUT2D eigenvalue weighted by Gasteiger charge is -2.25. The van der Waals surface area contributed by atoms with Crippen molar-refractivity contribution >= 4 is 86.2 Å². The van der Waals surface area contributed by atoms with E-state index in [9.17, 15) is 0 Å². The Labute approximate surface area is 367 Å². The van der Waals surface area contributed by atoms with E-state index in [0.717, 1.165) is 17.9 Å². The Morgan fingerprint density at radius 2 is 1.12 bits per heavy atom. The highest BCUT2D eigenvalue weighted by Gasteiger charge is 2.44. The standard InChI is InChI=1S/C60H36N4/c1-2-14-35-34(13-1)53(46-17-3-6-26-61-46)58-40-23-21-36-42-29-44-45(30-43(42)37-22-24-41(52(40)51(36)37)59(58)54(35)47-18-4-7-27-62-47)56(49-25-20-33-31-64(33)49)60-39-16-10-12-32-11-9-15-38(50(32)39)57(60)55(44)48-19-5-8-28-63-48/h1-30,33,47,49,62H,31H2. The molecule has 4 heteroatoms. The number of benzene rings is 8. The third-order valence-corrected chi connectivity index (χ3v) is 15.3. The van der Waals surface area contributed by atoms with Crippen LogP contribution in [0.4, 0.5) is 0 Å². The molecule has 0 radical (unpaired) electrons. The van der Waals surface area contributed by atoms with Crippen molar-refractivity contribution in [1.29, 1.82) is 0 Å². The van der Waals surface area contributed by atoms with Gasteiger partial charge in [0, 0.05) is 47.1 Å². The van der Waals surface area contributed by atoms with Gasteiger partial charge in [0.05, 0.1) is 23.5 Å². The van der Waals surface area contributed by atoms with Crippen LogP contribution < -0.4 is 5.32 Å². The van der Waals surface area contributed by atoms with E-state index in [-0.39, 0.29) is 12.1 Å². The third kappa shape index (κ3) is 4.13. The number of fused-ring (bicyclic) bond motifs is 12. The van der Waals surface area contributed by atoms with E-state index in [1.54, 1.807) is 0 Å². The molecule has 0 saturated carbocycles. The summed E-state index contributed by atoms with van der Waals surface area (Å²) in [6.07, 6.45) is 17.4. The number of hydrogen-bond donors (Lipinski definition) is 1. The van der Waals surface area contributed by atoms with Gasteiger partial charge in [0.1, 0.15) is 0 Å². The molecule has 4 atom stereocenters. The first kappa shape index (κ1) is 33.7. The number of hydrogen-bond acceptors (Lipinski definition) is 4. The van der Waals surface area contributed by atoms with E-state index >= 15 is 0 Å². The fourth-order valence-corrected chi connectivity index (χ4v) is 12.8. The summed E-state index contributed by atoms with van der Waals surface area (Å²) >= 11 is 0. The summed E-state index contributed by atoms with van der Waals surface area (Å²) in [6, 6.07) is 50.9. The van der Waals surface area contributed by atoms with Gasteiger partial charge in [0.2, 0.25) is 0 Å². The molecule has 0 spiro atoms. The predicted octanol–water partition coefficient (Wildman–Crippen LogP) is 14.6. The molecule has 1 saturated heterocycles. The van der Waals surface area contributed by atoms with Crippen molar-refractivity contribution in [2.24, 2.45) is 0 Å². The molecule has 12 aromatic rings. The highest BCUT2D eigenvalue weighted by atomic mass is 15.3. The zero-order valence-corrected chi connectivity index (χ0v) is 34.6. The second-order valence-electron chi connectivity index (χ2n) is 18.3. The molecule has 3 aliphatic heterocycles. The summed E-state index contributed by atoms with van der Waals surface area (Å²) in [5.41, 5.74) is 12.3. The van der Waals surface area contributed by atoms with Crippen molar-refractivity contribution in [2.45, 2.75) is 18.1 Å². The van der Waals surface area contributed by atoms with Gasteiger partial charge in [-0.1, -0.05) is 121 Å². The first-order valence-electron chi connectivity index (χ1n) is 22.6. The molecule has 5 heterocycles. The first-order chi connectivity index (χ1) is 31.8. The van der Waals surface area contributed by atoms with Gasteiger partial charge in [-0.3, -0.25) is 14.9 Å². The van der Waals surface area contributed by atoms with Gasteiger partial charge in [0.15, 0.2) is 0 Å². The van der Waals surface area contributed by atoms with E-state index in [0.29, 0.717) is 6.04 Å². The second kappa shape index (κ2) is 12.0. The zero-order chi connectivity index (χ0) is 41.4. The average Bonchev–Trinajstić information content (AvgIpc) is 3.55. The number of allylic oxidation sites excluding steroid dienone is 2. The van der Waals surface area contributed by atoms with Gasteiger partial charge < -0.3 is 5.32 Å². The van der Waals surface area contributed by atoms with Crippen LogP contribution in [0.1, 0.15) is 23.2 Å². The van der Waals surface area contributed by atoms with Crippen molar-refractivity contribution < 1.29 is 0 Å². The molecule has 4 aliphatic rings. The number of nitrogens with one attached hydrogen (secondary N) is 1. The second-order valence-corrected chi connectivity index (χ2v) is 18.3. The van der Waals surface area contributed by atoms with Crippen LogP contribution in [0, 0.1) is 0 Å². The van der Waals surface area contributed by atoms with Crippen LogP contribution in [0.25, 0.3) is 131 Å². The van der Waals surface area contributed by atoms with Crippen molar-refractivity contribution in [2.75, 3.05) is 6.54 Å². The highest BCUT2D eigenvalue weighted by molar-refractivity contribution is 6.41. The van der Waals surface area contributed by atoms with Crippen LogP contribution >= 0.6 is 0 Å². The number of aromatic nitrogens is 2. The molecule has 10 aromatic carbocycles. The lowest BCUT2D eigenvalue weighted by atomic mass is 9.83. The van der Waals surface area contributed by atoms with E-state index in [1.807, 2.05) is 24.5 Å². The number of rotatable bonds is 4. The van der Waals surface area contributed by atoms with Gasteiger partial charge in [-0.25, -0.2) is 0 Å². The van der Waals surface area contributed by atoms with Crippen molar-refractivity contribution in [3.63, 3.8) is 0 Å². The molecule has 1 aliphatic carbocycles. The van der Waals surface area contributed by atoms with Crippen molar-refractivity contribution in [3.8, 4) is 44.8 Å². The minimum absolute atomic E-state index is 0.0189. The quantitative estimate of drug-likeness (QED) is 0.142. The van der Waals surface area contributed by atoms with E-state index in [4.69, 9.17) is 9.97 Å². The molecule has 4 unspecified atom stereocenters. The molecule has 4 nitrogen and oxygen atoms in total. The van der Waals surface area contributed by atoms with Crippen LogP contribution in [0.15, 0.2) is 182 Å². The summed E-state index contributed by atoms with van der Waals surface area (Å²) in [5.74, 6) is 0. The van der Waals surface area contributed by atoms with Gasteiger partial charge in [-0.15, -0.1) is 0 Å². The molecule has 64 heavy (non-hydrogen) atoms. The normalized spacial score (nSPS) is 19.4. The van der Waals surface area contributed by atoms with Gasteiger partial charge in [-0.2, -0.15) is 0 Å². The highest BCUT2D eigenvalue weighted by Crippen LogP contribution is 2.60. The maximum absolute atomic E-state index is 5.14. The van der Waals surface area contributed by atoms with Gasteiger partial charge in [0.25, 0.3) is 0 Å². The molecule has 1 N–H and O–H groups in total. The lowest BCUT2D eigenvalue weighted by Crippen LogP contribution is -2.16. The third-order valence-electron chi connectivity index (χ3n) is 15.3.